The summed E-state index contributed by atoms with van der Waals surface area (Å²) in [7, 11) is 1.58. The summed E-state index contributed by atoms with van der Waals surface area (Å²) in [6.45, 7) is 1.67. The van der Waals surface area contributed by atoms with E-state index in [0.29, 0.717) is 5.56 Å². The topological polar surface area (TPSA) is 20.3 Å². The molecule has 0 saturated heterocycles. The van der Waals surface area contributed by atoms with E-state index in [-0.39, 0.29) is 11.5 Å². The van der Waals surface area contributed by atoms with Crippen molar-refractivity contribution in [3.63, 3.8) is 0 Å². The van der Waals surface area contributed by atoms with E-state index in [4.69, 9.17) is 0 Å². The second kappa shape index (κ2) is 6.92. The lowest BCUT2D eigenvalue weighted by Gasteiger charge is -2.26. The molecule has 22 heavy (non-hydrogen) atoms. The van der Waals surface area contributed by atoms with Crippen molar-refractivity contribution in [3.05, 3.63) is 65.2 Å². The number of hydrogen-bond donors (Lipinski definition) is 0. The number of nitrogens with zero attached hydrogens (tertiary/aromatic N) is 1. The summed E-state index contributed by atoms with van der Waals surface area (Å²) in [6, 6.07) is 9.89. The van der Waals surface area contributed by atoms with Gasteiger partial charge < -0.3 is 4.90 Å². The van der Waals surface area contributed by atoms with Gasteiger partial charge in [0.2, 0.25) is 0 Å². The predicted molar refractivity (Wildman–Crippen MR) is 85.1 cm³/mol. The number of benzene rings is 2. The van der Waals surface area contributed by atoms with Crippen molar-refractivity contribution in [1.29, 1.82) is 0 Å². The summed E-state index contributed by atoms with van der Waals surface area (Å²) >= 11 is 1.59. The fourth-order valence-corrected chi connectivity index (χ4v) is 2.56. The number of amides is 1. The number of halogens is 2. The Hall–Kier alpha value is -1.88. The van der Waals surface area contributed by atoms with Crippen molar-refractivity contribution >= 4 is 17.7 Å². The van der Waals surface area contributed by atoms with Crippen LogP contribution in [0.4, 0.5) is 8.78 Å². The molecule has 0 aliphatic rings. The highest BCUT2D eigenvalue weighted by Gasteiger charge is 2.21. The molecule has 1 atom stereocenters. The van der Waals surface area contributed by atoms with E-state index in [1.807, 2.05) is 18.4 Å². The molecule has 2 aromatic carbocycles. The van der Waals surface area contributed by atoms with Crippen LogP contribution in [0.1, 0.15) is 28.9 Å². The van der Waals surface area contributed by atoms with Gasteiger partial charge in [0.05, 0.1) is 6.04 Å². The number of carbonyl (C=O) groups excluding carboxylic acids is 1. The maximum atomic E-state index is 13.8. The minimum Gasteiger partial charge on any atom is -0.335 e. The first-order valence-corrected chi connectivity index (χ1v) is 8.02. The molecule has 0 aliphatic carbocycles. The summed E-state index contributed by atoms with van der Waals surface area (Å²) in [6.07, 6.45) is 1.96. The molecule has 5 heteroatoms. The van der Waals surface area contributed by atoms with E-state index < -0.39 is 17.7 Å². The van der Waals surface area contributed by atoms with Gasteiger partial charge in [-0.2, -0.15) is 0 Å². The molecule has 1 amide bonds. The van der Waals surface area contributed by atoms with E-state index in [1.165, 1.54) is 4.90 Å². The van der Waals surface area contributed by atoms with E-state index in [9.17, 15) is 13.6 Å². The second-order valence-electron chi connectivity index (χ2n) is 4.99. The molecule has 0 spiro atoms. The van der Waals surface area contributed by atoms with Crippen molar-refractivity contribution < 1.29 is 13.6 Å². The van der Waals surface area contributed by atoms with Crippen molar-refractivity contribution in [2.45, 2.75) is 17.9 Å². The molecule has 0 fully saturated rings. The molecule has 0 bridgehead atoms. The highest BCUT2D eigenvalue weighted by Crippen LogP contribution is 2.24. The molecular formula is C17H17F2NOS. The Morgan fingerprint density at radius 3 is 2.36 bits per heavy atom. The first-order chi connectivity index (χ1) is 10.4. The minimum atomic E-state index is -0.566. The van der Waals surface area contributed by atoms with Gasteiger partial charge in [-0.1, -0.05) is 0 Å². The highest BCUT2D eigenvalue weighted by molar-refractivity contribution is 7.98. The predicted octanol–water partition coefficient (Wildman–Crippen LogP) is 4.52. The van der Waals surface area contributed by atoms with Crippen LogP contribution < -0.4 is 0 Å². The molecular weight excluding hydrogens is 304 g/mol. The molecule has 1 unspecified atom stereocenters. The lowest BCUT2D eigenvalue weighted by Crippen LogP contribution is -2.30. The first-order valence-electron chi connectivity index (χ1n) is 6.80. The Bertz CT molecular complexity index is 673. The smallest absolute Gasteiger partial charge is 0.254 e. The van der Waals surface area contributed by atoms with Gasteiger partial charge in [-0.15, -0.1) is 11.8 Å². The maximum Gasteiger partial charge on any atom is 0.254 e. The van der Waals surface area contributed by atoms with Gasteiger partial charge in [0.1, 0.15) is 11.6 Å². The Morgan fingerprint density at radius 2 is 1.77 bits per heavy atom. The second-order valence-corrected chi connectivity index (χ2v) is 5.87. The summed E-state index contributed by atoms with van der Waals surface area (Å²) in [5, 5.41) is 0. The van der Waals surface area contributed by atoms with E-state index in [0.717, 1.165) is 23.1 Å². The van der Waals surface area contributed by atoms with Gasteiger partial charge in [-0.3, -0.25) is 4.79 Å². The third-order valence-electron chi connectivity index (χ3n) is 3.65. The lowest BCUT2D eigenvalue weighted by atomic mass is 10.1. The molecule has 116 valence electrons. The van der Waals surface area contributed by atoms with Gasteiger partial charge in [0.25, 0.3) is 5.91 Å². The van der Waals surface area contributed by atoms with Crippen LogP contribution in [-0.4, -0.2) is 24.1 Å². The molecule has 0 aromatic heterocycles. The number of carbonyl (C=O) groups is 1. The normalized spacial score (nSPS) is 12.0. The van der Waals surface area contributed by atoms with Crippen LogP contribution in [0.3, 0.4) is 0 Å². The fraction of sp³-hybridized carbons (Fsp3) is 0.235. The Morgan fingerprint density at radius 1 is 1.14 bits per heavy atom. The standard InChI is InChI=1S/C17H17F2NOS/c1-11(15-10-13(18)6-9-16(15)19)20(2)17(21)12-4-7-14(22-3)8-5-12/h4-11H,1-3H3. The summed E-state index contributed by atoms with van der Waals surface area (Å²) in [5.74, 6) is -1.27. The van der Waals surface area contributed by atoms with Crippen LogP contribution in [0, 0.1) is 11.6 Å². The van der Waals surface area contributed by atoms with Gasteiger partial charge >= 0.3 is 0 Å². The van der Waals surface area contributed by atoms with Crippen molar-refractivity contribution in [3.8, 4) is 0 Å². The molecule has 2 rings (SSSR count). The maximum absolute atomic E-state index is 13.8. The quantitative estimate of drug-likeness (QED) is 0.772. The van der Waals surface area contributed by atoms with Gasteiger partial charge in [-0.25, -0.2) is 8.78 Å². The zero-order valence-corrected chi connectivity index (χ0v) is 13.5. The van der Waals surface area contributed by atoms with Crippen LogP contribution in [0.25, 0.3) is 0 Å². The molecule has 0 aliphatic heterocycles. The Labute approximate surface area is 133 Å². The fourth-order valence-electron chi connectivity index (χ4n) is 2.16. The van der Waals surface area contributed by atoms with Crippen LogP contribution in [0.2, 0.25) is 0 Å². The summed E-state index contributed by atoms with van der Waals surface area (Å²) in [4.78, 5) is 14.9. The average molecular weight is 321 g/mol. The van der Waals surface area contributed by atoms with Crippen molar-refractivity contribution in [1.82, 2.24) is 4.90 Å². The number of rotatable bonds is 4. The monoisotopic (exact) mass is 321 g/mol. The lowest BCUT2D eigenvalue weighted by molar-refractivity contribution is 0.0740. The summed E-state index contributed by atoms with van der Waals surface area (Å²) in [5.41, 5.74) is 0.681. The van der Waals surface area contributed by atoms with Crippen molar-refractivity contribution in [2.24, 2.45) is 0 Å². The van der Waals surface area contributed by atoms with E-state index >= 15 is 0 Å². The average Bonchev–Trinajstić information content (AvgIpc) is 2.55. The zero-order valence-electron chi connectivity index (χ0n) is 12.6. The van der Waals surface area contributed by atoms with E-state index in [1.54, 1.807) is 37.9 Å². The minimum absolute atomic E-state index is 0.164. The number of thioether (sulfide) groups is 1. The van der Waals surface area contributed by atoms with Crippen LogP contribution in [0.5, 0.6) is 0 Å². The van der Waals surface area contributed by atoms with Crippen LogP contribution in [-0.2, 0) is 0 Å². The van der Waals surface area contributed by atoms with Gasteiger partial charge in [-0.05, 0) is 55.6 Å². The van der Waals surface area contributed by atoms with Gasteiger partial charge in [0.15, 0.2) is 0 Å². The third-order valence-corrected chi connectivity index (χ3v) is 4.39. The largest absolute Gasteiger partial charge is 0.335 e. The van der Waals surface area contributed by atoms with E-state index in [2.05, 4.69) is 0 Å². The zero-order chi connectivity index (χ0) is 16.3. The van der Waals surface area contributed by atoms with Crippen LogP contribution in [0.15, 0.2) is 47.4 Å². The molecule has 0 N–H and O–H groups in total. The first kappa shape index (κ1) is 16.5. The SMILES string of the molecule is CSc1ccc(C(=O)N(C)C(C)c2cc(F)ccc2F)cc1. The Balaban J connectivity index is 2.23. The molecule has 2 aromatic rings. The molecule has 0 radical (unpaired) electrons. The van der Waals surface area contributed by atoms with Gasteiger partial charge in [0, 0.05) is 23.1 Å². The Kier molecular flexibility index (Phi) is 5.19. The third kappa shape index (κ3) is 3.47. The molecule has 0 saturated carbocycles. The van der Waals surface area contributed by atoms with Crippen LogP contribution >= 0.6 is 11.8 Å². The summed E-state index contributed by atoms with van der Waals surface area (Å²) < 4.78 is 27.1. The molecule has 2 nitrogen and oxygen atoms in total. The number of hydrogen-bond acceptors (Lipinski definition) is 2. The van der Waals surface area contributed by atoms with Crippen molar-refractivity contribution in [2.75, 3.05) is 13.3 Å². The highest BCUT2D eigenvalue weighted by atomic mass is 32.2. The molecule has 0 heterocycles.